The second-order valence-electron chi connectivity index (χ2n) is 4.46. The number of nitrogens with zero attached hydrogens (tertiary/aromatic N) is 2. The van der Waals surface area contributed by atoms with E-state index in [1.807, 2.05) is 0 Å². The lowest BCUT2D eigenvalue weighted by Gasteiger charge is -2.27. The summed E-state index contributed by atoms with van der Waals surface area (Å²) in [4.78, 5) is 16.3. The Morgan fingerprint density at radius 2 is 2.09 bits per heavy atom. The molecule has 0 atom stereocenters. The molecule has 2 N–H and O–H groups in total. The van der Waals surface area contributed by atoms with Crippen molar-refractivity contribution in [2.24, 2.45) is 0 Å². The second-order valence-corrected chi connectivity index (χ2v) is 7.29. The Kier molecular flexibility index (Phi) is 3.38. The molecule has 2 heterocycles. The molecular formula is C13H11N3O4S2. The van der Waals surface area contributed by atoms with Gasteiger partial charge in [-0.3, -0.25) is 10.1 Å². The first-order valence-electron chi connectivity index (χ1n) is 6.15. The molecule has 114 valence electrons. The largest absolute Gasteiger partial charge is 0.493 e. The van der Waals surface area contributed by atoms with Crippen molar-refractivity contribution in [1.82, 2.24) is 9.29 Å². The Morgan fingerprint density at radius 1 is 1.36 bits per heavy atom. The molecule has 1 aromatic carbocycles. The molecule has 22 heavy (non-hydrogen) atoms. The zero-order valence-electron chi connectivity index (χ0n) is 11.3. The van der Waals surface area contributed by atoms with Crippen LogP contribution in [0, 0.1) is 0 Å². The number of aliphatic hydroxyl groups is 1. The quantitative estimate of drug-likeness (QED) is 0.868. The van der Waals surface area contributed by atoms with Gasteiger partial charge in [0.15, 0.2) is 5.13 Å². The lowest BCUT2D eigenvalue weighted by atomic mass is 10.1. The van der Waals surface area contributed by atoms with Crippen LogP contribution >= 0.6 is 11.3 Å². The fraction of sp³-hybridized carbons (Fsp3) is 0.0769. The van der Waals surface area contributed by atoms with E-state index < -0.39 is 21.8 Å². The maximum Gasteiger partial charge on any atom is 0.266 e. The SMILES string of the molecule is CN1C(O)=C(C(=O)Nc2nccs2)c2ccccc2S1(=O)=O. The minimum atomic E-state index is -3.87. The number of sulfonamides is 1. The van der Waals surface area contributed by atoms with E-state index in [-0.39, 0.29) is 16.0 Å². The smallest absolute Gasteiger partial charge is 0.266 e. The predicted molar refractivity (Wildman–Crippen MR) is 81.7 cm³/mol. The molecular weight excluding hydrogens is 326 g/mol. The van der Waals surface area contributed by atoms with Crippen LogP contribution in [0.3, 0.4) is 0 Å². The highest BCUT2D eigenvalue weighted by Crippen LogP contribution is 2.35. The Balaban J connectivity index is 2.13. The van der Waals surface area contributed by atoms with Crippen LogP contribution in [0.1, 0.15) is 5.56 Å². The molecule has 0 saturated heterocycles. The Hall–Kier alpha value is -2.39. The van der Waals surface area contributed by atoms with E-state index in [0.29, 0.717) is 9.44 Å². The fourth-order valence-electron chi connectivity index (χ4n) is 2.11. The molecule has 2 aromatic rings. The summed E-state index contributed by atoms with van der Waals surface area (Å²) in [6.45, 7) is 0. The van der Waals surface area contributed by atoms with E-state index >= 15 is 0 Å². The average molecular weight is 337 g/mol. The van der Waals surface area contributed by atoms with Crippen molar-refractivity contribution in [3.63, 3.8) is 0 Å². The molecule has 1 amide bonds. The number of thiazole rings is 1. The number of benzene rings is 1. The van der Waals surface area contributed by atoms with Gasteiger partial charge in [0.25, 0.3) is 15.9 Å². The molecule has 1 aromatic heterocycles. The van der Waals surface area contributed by atoms with Crippen molar-refractivity contribution >= 4 is 38.0 Å². The average Bonchev–Trinajstić information content (AvgIpc) is 2.98. The van der Waals surface area contributed by atoms with Crippen molar-refractivity contribution in [1.29, 1.82) is 0 Å². The number of hydrogen-bond acceptors (Lipinski definition) is 6. The molecule has 3 rings (SSSR count). The van der Waals surface area contributed by atoms with E-state index in [9.17, 15) is 18.3 Å². The molecule has 9 heteroatoms. The highest BCUT2D eigenvalue weighted by atomic mass is 32.2. The molecule has 7 nitrogen and oxygen atoms in total. The van der Waals surface area contributed by atoms with Gasteiger partial charge in [0, 0.05) is 24.2 Å². The highest BCUT2D eigenvalue weighted by Gasteiger charge is 2.37. The summed E-state index contributed by atoms with van der Waals surface area (Å²) in [5, 5.41) is 14.8. The van der Waals surface area contributed by atoms with Crippen LogP contribution in [0.5, 0.6) is 0 Å². The van der Waals surface area contributed by atoms with Gasteiger partial charge in [0.2, 0.25) is 5.88 Å². The number of aliphatic hydroxyl groups excluding tert-OH is 1. The third-order valence-electron chi connectivity index (χ3n) is 3.20. The maximum atomic E-state index is 12.4. The van der Waals surface area contributed by atoms with Crippen molar-refractivity contribution < 1.29 is 18.3 Å². The monoisotopic (exact) mass is 337 g/mol. The van der Waals surface area contributed by atoms with Gasteiger partial charge in [0.05, 0.1) is 4.90 Å². The number of hydrogen-bond donors (Lipinski definition) is 2. The van der Waals surface area contributed by atoms with Gasteiger partial charge in [-0.25, -0.2) is 17.7 Å². The van der Waals surface area contributed by atoms with Crippen LogP contribution in [-0.4, -0.2) is 35.8 Å². The highest BCUT2D eigenvalue weighted by molar-refractivity contribution is 7.89. The summed E-state index contributed by atoms with van der Waals surface area (Å²) in [6, 6.07) is 6.03. The van der Waals surface area contributed by atoms with E-state index in [1.54, 1.807) is 17.5 Å². The molecule has 0 saturated carbocycles. The number of carbonyl (C=O) groups excluding carboxylic acids is 1. The molecule has 0 spiro atoms. The Morgan fingerprint density at radius 3 is 2.77 bits per heavy atom. The number of nitrogens with one attached hydrogen (secondary N) is 1. The Bertz CT molecular complexity index is 872. The number of carbonyl (C=O) groups is 1. The summed E-state index contributed by atoms with van der Waals surface area (Å²) >= 11 is 1.22. The van der Waals surface area contributed by atoms with Gasteiger partial charge in [-0.15, -0.1) is 11.3 Å². The first kappa shape index (κ1) is 14.5. The Labute approximate surface area is 130 Å². The third kappa shape index (κ3) is 2.14. The lowest BCUT2D eigenvalue weighted by Crippen LogP contribution is -2.34. The van der Waals surface area contributed by atoms with Crippen LogP contribution in [0.2, 0.25) is 0 Å². The van der Waals surface area contributed by atoms with Gasteiger partial charge in [-0.1, -0.05) is 18.2 Å². The lowest BCUT2D eigenvalue weighted by molar-refractivity contribution is -0.111. The molecule has 0 fully saturated rings. The maximum absolute atomic E-state index is 12.4. The standard InChI is InChI=1S/C13H11N3O4S2/c1-16-12(18)10(11(17)15-13-14-6-7-21-13)8-4-2-3-5-9(8)22(16,19)20/h2-7,18H,1H3,(H,14,15,17). The van der Waals surface area contributed by atoms with Crippen molar-refractivity contribution in [2.75, 3.05) is 12.4 Å². The zero-order valence-corrected chi connectivity index (χ0v) is 13.0. The summed E-state index contributed by atoms with van der Waals surface area (Å²) in [5.74, 6) is -1.24. The van der Waals surface area contributed by atoms with Crippen LogP contribution < -0.4 is 5.32 Å². The van der Waals surface area contributed by atoms with Gasteiger partial charge >= 0.3 is 0 Å². The summed E-state index contributed by atoms with van der Waals surface area (Å²) in [6.07, 6.45) is 1.53. The fourth-order valence-corrected chi connectivity index (χ4v) is 3.94. The van der Waals surface area contributed by atoms with E-state index in [1.165, 1.54) is 36.7 Å². The third-order valence-corrected chi connectivity index (χ3v) is 5.69. The summed E-state index contributed by atoms with van der Waals surface area (Å²) < 4.78 is 25.3. The van der Waals surface area contributed by atoms with E-state index in [0.717, 1.165) is 0 Å². The summed E-state index contributed by atoms with van der Waals surface area (Å²) in [5.41, 5.74) is 0.0512. The number of anilines is 1. The van der Waals surface area contributed by atoms with Crippen LogP contribution in [0.15, 0.2) is 46.6 Å². The molecule has 0 aliphatic carbocycles. The molecule has 0 radical (unpaired) electrons. The first-order valence-corrected chi connectivity index (χ1v) is 8.47. The van der Waals surface area contributed by atoms with E-state index in [4.69, 9.17) is 0 Å². The molecule has 1 aliphatic rings. The van der Waals surface area contributed by atoms with Crippen LogP contribution in [0.4, 0.5) is 5.13 Å². The van der Waals surface area contributed by atoms with Gasteiger partial charge in [-0.05, 0) is 6.07 Å². The minimum absolute atomic E-state index is 0.0282. The zero-order chi connectivity index (χ0) is 15.9. The van der Waals surface area contributed by atoms with Crippen molar-refractivity contribution in [3.8, 4) is 0 Å². The molecule has 0 bridgehead atoms. The van der Waals surface area contributed by atoms with Crippen molar-refractivity contribution in [2.45, 2.75) is 4.90 Å². The van der Waals surface area contributed by atoms with Gasteiger partial charge < -0.3 is 5.11 Å². The topological polar surface area (TPSA) is 99.6 Å². The predicted octanol–water partition coefficient (Wildman–Crippen LogP) is 1.64. The van der Waals surface area contributed by atoms with Gasteiger partial charge in [0.1, 0.15) is 5.57 Å². The summed E-state index contributed by atoms with van der Waals surface area (Å²) in [7, 11) is -2.67. The van der Waals surface area contributed by atoms with Crippen molar-refractivity contribution in [3.05, 3.63) is 47.3 Å². The minimum Gasteiger partial charge on any atom is -0.493 e. The normalized spacial score (nSPS) is 16.3. The second kappa shape index (κ2) is 5.11. The number of amides is 1. The van der Waals surface area contributed by atoms with E-state index in [2.05, 4.69) is 10.3 Å². The molecule has 1 aliphatic heterocycles. The first-order chi connectivity index (χ1) is 10.4. The number of rotatable bonds is 2. The number of aromatic nitrogens is 1. The van der Waals surface area contributed by atoms with Crippen LogP contribution in [0.25, 0.3) is 5.57 Å². The number of fused-ring (bicyclic) bond motifs is 1. The molecule has 0 unspecified atom stereocenters. The van der Waals surface area contributed by atoms with Gasteiger partial charge in [-0.2, -0.15) is 0 Å². The van der Waals surface area contributed by atoms with Crippen LogP contribution in [-0.2, 0) is 14.8 Å².